The third-order valence-electron chi connectivity index (χ3n) is 4.31. The summed E-state index contributed by atoms with van der Waals surface area (Å²) < 4.78 is 45.6. The lowest BCUT2D eigenvalue weighted by molar-refractivity contribution is -0.146. The Labute approximate surface area is 153 Å². The number of hydrogen-bond acceptors (Lipinski definition) is 6. The zero-order valence-electron chi connectivity index (χ0n) is 14.2. The number of halogens is 1. The van der Waals surface area contributed by atoms with Gasteiger partial charge in [-0.2, -0.15) is 17.4 Å². The molecule has 1 aromatic rings. The number of likely N-dealkylation sites (tertiary alicyclic amines) is 1. The molecule has 1 aliphatic heterocycles. The number of sulfonamides is 1. The molecule has 1 heterocycles. The van der Waals surface area contributed by atoms with Crippen LogP contribution in [-0.2, 0) is 19.6 Å². The third kappa shape index (κ3) is 4.72. The van der Waals surface area contributed by atoms with E-state index in [2.05, 4.69) is 22.3 Å². The molecule has 0 saturated carbocycles. The molecule has 2 rings (SSSR count). The molecule has 140 valence electrons. The van der Waals surface area contributed by atoms with E-state index in [1.165, 1.54) is 12.1 Å². The summed E-state index contributed by atoms with van der Waals surface area (Å²) in [5.74, 6) is -1.59. The van der Waals surface area contributed by atoms with Gasteiger partial charge < -0.3 is 9.64 Å². The quantitative estimate of drug-likeness (QED) is 0.568. The molecule has 0 unspecified atom stereocenters. The number of benzene rings is 1. The molecule has 0 radical (unpaired) electrons. The molecule has 6 nitrogen and oxygen atoms in total. The summed E-state index contributed by atoms with van der Waals surface area (Å²) in [6.07, 6.45) is 0.992. The van der Waals surface area contributed by atoms with E-state index in [1.807, 2.05) is 7.05 Å². The zero-order chi connectivity index (χ0) is 18.7. The highest BCUT2D eigenvalue weighted by Crippen LogP contribution is 2.33. The highest BCUT2D eigenvalue weighted by atomic mass is 32.2. The Morgan fingerprint density at radius 2 is 2.00 bits per heavy atom. The average molecular weight is 391 g/mol. The zero-order valence-corrected chi connectivity index (χ0v) is 15.9. The van der Waals surface area contributed by atoms with Crippen LogP contribution in [0.4, 0.5) is 4.39 Å². The number of nitrogens with one attached hydrogen (secondary N) is 1. The smallest absolute Gasteiger partial charge is 0.325 e. The fraction of sp³-hybridized carbons (Fsp3) is 0.562. The number of carbonyl (C=O) groups excluding carboxylic acids is 1. The Kier molecular flexibility index (Phi) is 6.47. The van der Waals surface area contributed by atoms with E-state index in [0.717, 1.165) is 12.1 Å². The first-order valence-electron chi connectivity index (χ1n) is 8.04. The predicted octanol–water partition coefficient (Wildman–Crippen LogP) is 1.43. The van der Waals surface area contributed by atoms with Gasteiger partial charge in [-0.1, -0.05) is 12.1 Å². The normalized spacial score (nSPS) is 19.4. The molecule has 9 heteroatoms. The predicted molar refractivity (Wildman–Crippen MR) is 95.6 cm³/mol. The van der Waals surface area contributed by atoms with Gasteiger partial charge in [-0.3, -0.25) is 4.79 Å². The van der Waals surface area contributed by atoms with Crippen molar-refractivity contribution in [2.45, 2.75) is 35.4 Å². The molecule has 1 saturated heterocycles. The standard InChI is InChI=1S/C16H23FN2O4S2/c1-3-23-15(20)14(16(24)8-10-19(2)11-9-16)18-25(21,22)13-7-5-4-6-12(13)17/h4-7,14,18,24H,3,8-11H2,1-2H3/t14-/m0/s1. The summed E-state index contributed by atoms with van der Waals surface area (Å²) >= 11 is 4.62. The van der Waals surface area contributed by atoms with E-state index >= 15 is 0 Å². The molecular weight excluding hydrogens is 367 g/mol. The summed E-state index contributed by atoms with van der Waals surface area (Å²) in [6, 6.07) is 3.82. The monoisotopic (exact) mass is 390 g/mol. The Bertz CT molecular complexity index is 719. The first kappa shape index (κ1) is 20.2. The minimum atomic E-state index is -4.24. The summed E-state index contributed by atoms with van der Waals surface area (Å²) in [4.78, 5) is 14.0. The lowest BCUT2D eigenvalue weighted by Gasteiger charge is -2.41. The molecule has 0 aliphatic carbocycles. The molecule has 1 aromatic carbocycles. The largest absolute Gasteiger partial charge is 0.465 e. The molecule has 0 amide bonds. The van der Waals surface area contributed by atoms with Gasteiger partial charge in [-0.05, 0) is 52.0 Å². The molecule has 1 N–H and O–H groups in total. The maximum atomic E-state index is 13.9. The molecule has 1 fully saturated rings. The van der Waals surface area contributed by atoms with Crippen molar-refractivity contribution in [3.05, 3.63) is 30.1 Å². The van der Waals surface area contributed by atoms with Crippen molar-refractivity contribution in [2.24, 2.45) is 0 Å². The molecule has 0 spiro atoms. The molecule has 1 atom stereocenters. The van der Waals surface area contributed by atoms with Crippen LogP contribution in [0.25, 0.3) is 0 Å². The first-order chi connectivity index (χ1) is 11.7. The van der Waals surface area contributed by atoms with Crippen LogP contribution in [0.5, 0.6) is 0 Å². The molecule has 25 heavy (non-hydrogen) atoms. The summed E-state index contributed by atoms with van der Waals surface area (Å²) in [6.45, 7) is 3.09. The van der Waals surface area contributed by atoms with Gasteiger partial charge in [0.15, 0.2) is 0 Å². The van der Waals surface area contributed by atoms with Crippen molar-refractivity contribution < 1.29 is 22.3 Å². The Morgan fingerprint density at radius 1 is 1.40 bits per heavy atom. The Balaban J connectivity index is 2.33. The van der Waals surface area contributed by atoms with Gasteiger partial charge in [0.2, 0.25) is 10.0 Å². The number of ether oxygens (including phenoxy) is 1. The van der Waals surface area contributed by atoms with Crippen molar-refractivity contribution in [2.75, 3.05) is 26.7 Å². The highest BCUT2D eigenvalue weighted by Gasteiger charge is 2.45. The van der Waals surface area contributed by atoms with Crippen molar-refractivity contribution in [1.29, 1.82) is 0 Å². The minimum absolute atomic E-state index is 0.112. The number of rotatable bonds is 6. The van der Waals surface area contributed by atoms with Gasteiger partial charge in [0, 0.05) is 4.75 Å². The van der Waals surface area contributed by atoms with Gasteiger partial charge >= 0.3 is 5.97 Å². The van der Waals surface area contributed by atoms with Gasteiger partial charge in [-0.25, -0.2) is 12.8 Å². The highest BCUT2D eigenvalue weighted by molar-refractivity contribution is 7.89. The van der Waals surface area contributed by atoms with Crippen LogP contribution in [0.2, 0.25) is 0 Å². The van der Waals surface area contributed by atoms with Gasteiger partial charge in [0.05, 0.1) is 6.61 Å². The summed E-state index contributed by atoms with van der Waals surface area (Å²) in [5, 5.41) is 0. The van der Waals surface area contributed by atoms with Crippen molar-refractivity contribution in [1.82, 2.24) is 9.62 Å². The second kappa shape index (κ2) is 8.03. The van der Waals surface area contributed by atoms with Crippen molar-refractivity contribution in [3.63, 3.8) is 0 Å². The maximum absolute atomic E-state index is 13.9. The molecule has 0 aromatic heterocycles. The summed E-state index contributed by atoms with van der Waals surface area (Å²) in [5.41, 5.74) is 0. The van der Waals surface area contributed by atoms with E-state index in [0.29, 0.717) is 25.9 Å². The SMILES string of the molecule is CCOC(=O)[C@H](NS(=O)(=O)c1ccccc1F)C1(S)CCN(C)CC1. The van der Waals surface area contributed by atoms with Gasteiger partial charge in [0.1, 0.15) is 16.8 Å². The number of piperidine rings is 1. The maximum Gasteiger partial charge on any atom is 0.325 e. The first-order valence-corrected chi connectivity index (χ1v) is 9.97. The van der Waals surface area contributed by atoms with Crippen LogP contribution < -0.4 is 4.72 Å². The van der Waals surface area contributed by atoms with Crippen LogP contribution in [0, 0.1) is 5.82 Å². The number of nitrogens with zero attached hydrogens (tertiary/aromatic N) is 1. The minimum Gasteiger partial charge on any atom is -0.465 e. The van der Waals surface area contributed by atoms with Gasteiger partial charge in [0.25, 0.3) is 0 Å². The summed E-state index contributed by atoms with van der Waals surface area (Å²) in [7, 11) is -2.30. The fourth-order valence-corrected chi connectivity index (χ4v) is 4.58. The van der Waals surface area contributed by atoms with E-state index in [1.54, 1.807) is 6.92 Å². The van der Waals surface area contributed by atoms with Crippen LogP contribution >= 0.6 is 12.6 Å². The number of thiol groups is 1. The van der Waals surface area contributed by atoms with Crippen LogP contribution in [0.15, 0.2) is 29.2 Å². The second-order valence-electron chi connectivity index (χ2n) is 6.14. The van der Waals surface area contributed by atoms with E-state index in [-0.39, 0.29) is 6.61 Å². The Morgan fingerprint density at radius 3 is 2.56 bits per heavy atom. The number of esters is 1. The van der Waals surface area contributed by atoms with E-state index in [9.17, 15) is 17.6 Å². The molecular formula is C16H23FN2O4S2. The van der Waals surface area contributed by atoms with E-state index in [4.69, 9.17) is 4.74 Å². The average Bonchev–Trinajstić information content (AvgIpc) is 2.56. The molecule has 0 bridgehead atoms. The lowest BCUT2D eigenvalue weighted by Crippen LogP contribution is -2.58. The van der Waals surface area contributed by atoms with Crippen molar-refractivity contribution >= 4 is 28.6 Å². The Hall–Kier alpha value is -1.16. The molecule has 1 aliphatic rings. The second-order valence-corrected chi connectivity index (χ2v) is 8.72. The lowest BCUT2D eigenvalue weighted by atomic mass is 9.89. The van der Waals surface area contributed by atoms with Crippen molar-refractivity contribution in [3.8, 4) is 0 Å². The topological polar surface area (TPSA) is 75.7 Å². The number of carbonyl (C=O) groups is 1. The van der Waals surface area contributed by atoms with Gasteiger partial charge in [-0.15, -0.1) is 0 Å². The fourth-order valence-electron chi connectivity index (χ4n) is 2.78. The van der Waals surface area contributed by atoms with Crippen LogP contribution in [0.1, 0.15) is 19.8 Å². The van der Waals surface area contributed by atoms with Crippen LogP contribution in [0.3, 0.4) is 0 Å². The third-order valence-corrected chi connectivity index (χ3v) is 6.47. The van der Waals surface area contributed by atoms with Crippen LogP contribution in [-0.4, -0.2) is 56.8 Å². The van der Waals surface area contributed by atoms with E-state index < -0.39 is 37.5 Å². The number of hydrogen-bond donors (Lipinski definition) is 2.